The molecule has 5 heteroatoms. The van der Waals surface area contributed by atoms with Gasteiger partial charge in [-0.2, -0.15) is 0 Å². The van der Waals surface area contributed by atoms with Crippen LogP contribution in [0.4, 0.5) is 5.69 Å². The van der Waals surface area contributed by atoms with Crippen molar-refractivity contribution in [3.63, 3.8) is 0 Å². The predicted molar refractivity (Wildman–Crippen MR) is 120 cm³/mol. The number of ether oxygens (including phenoxy) is 2. The van der Waals surface area contributed by atoms with Crippen molar-refractivity contribution in [2.75, 3.05) is 26.1 Å². The quantitative estimate of drug-likeness (QED) is 0.551. The topological polar surface area (TPSA) is 50.8 Å². The molecular weight excluding hydrogens is 376 g/mol. The van der Waals surface area contributed by atoms with Crippen molar-refractivity contribution in [1.29, 1.82) is 0 Å². The lowest BCUT2D eigenvalue weighted by Crippen LogP contribution is -2.34. The molecule has 0 aliphatic carbocycles. The lowest BCUT2D eigenvalue weighted by molar-refractivity contribution is -0.121. The van der Waals surface area contributed by atoms with Crippen LogP contribution in [0.3, 0.4) is 0 Å². The van der Waals surface area contributed by atoms with E-state index in [0.717, 1.165) is 16.9 Å². The summed E-state index contributed by atoms with van der Waals surface area (Å²) in [5, 5.41) is 3.05. The van der Waals surface area contributed by atoms with E-state index < -0.39 is 6.04 Å². The van der Waals surface area contributed by atoms with Crippen LogP contribution in [0.1, 0.15) is 24.1 Å². The highest BCUT2D eigenvalue weighted by Gasteiger charge is 2.26. The molecule has 0 aliphatic rings. The van der Waals surface area contributed by atoms with Gasteiger partial charge in [-0.15, -0.1) is 0 Å². The smallest absolute Gasteiger partial charge is 0.246 e. The molecule has 1 atom stereocenters. The minimum absolute atomic E-state index is 0.120. The molecule has 5 nitrogen and oxygen atoms in total. The monoisotopic (exact) mass is 404 g/mol. The SMILES string of the molecule is CCOc1ccccc1NC(=O)C(c1ccccc1)N(C)Cc1ccccc1OC. The van der Waals surface area contributed by atoms with Gasteiger partial charge in [-0.1, -0.05) is 60.7 Å². The van der Waals surface area contributed by atoms with Crippen molar-refractivity contribution in [2.45, 2.75) is 19.5 Å². The highest BCUT2D eigenvalue weighted by molar-refractivity contribution is 5.96. The highest BCUT2D eigenvalue weighted by atomic mass is 16.5. The molecule has 1 amide bonds. The number of benzene rings is 3. The maximum absolute atomic E-state index is 13.4. The van der Waals surface area contributed by atoms with Crippen LogP contribution in [-0.4, -0.2) is 31.6 Å². The number of methoxy groups -OCH3 is 1. The Morgan fingerprint density at radius 2 is 1.57 bits per heavy atom. The number of nitrogens with one attached hydrogen (secondary N) is 1. The summed E-state index contributed by atoms with van der Waals surface area (Å²) in [6, 6.07) is 24.6. The van der Waals surface area contributed by atoms with Crippen LogP contribution in [-0.2, 0) is 11.3 Å². The molecule has 3 aromatic rings. The average Bonchev–Trinajstić information content (AvgIpc) is 2.76. The van der Waals surface area contributed by atoms with Gasteiger partial charge in [-0.05, 0) is 37.7 Å². The molecule has 1 unspecified atom stereocenters. The van der Waals surface area contributed by atoms with Gasteiger partial charge >= 0.3 is 0 Å². The largest absolute Gasteiger partial charge is 0.496 e. The number of hydrogen-bond donors (Lipinski definition) is 1. The van der Waals surface area contributed by atoms with Gasteiger partial charge in [0.1, 0.15) is 17.5 Å². The summed E-state index contributed by atoms with van der Waals surface area (Å²) in [6.45, 7) is 3.01. The lowest BCUT2D eigenvalue weighted by Gasteiger charge is -2.28. The molecular formula is C25H28N2O3. The molecule has 0 saturated carbocycles. The van der Waals surface area contributed by atoms with E-state index in [0.29, 0.717) is 24.6 Å². The van der Waals surface area contributed by atoms with Gasteiger partial charge in [0.2, 0.25) is 5.91 Å². The summed E-state index contributed by atoms with van der Waals surface area (Å²) in [5.41, 5.74) is 2.60. The van der Waals surface area contributed by atoms with Gasteiger partial charge in [0, 0.05) is 12.1 Å². The fraction of sp³-hybridized carbons (Fsp3) is 0.240. The predicted octanol–water partition coefficient (Wildman–Crippen LogP) is 4.91. The Kier molecular flexibility index (Phi) is 7.46. The molecule has 0 radical (unpaired) electrons. The van der Waals surface area contributed by atoms with Crippen molar-refractivity contribution in [2.24, 2.45) is 0 Å². The van der Waals surface area contributed by atoms with Gasteiger partial charge in [-0.25, -0.2) is 0 Å². The summed E-state index contributed by atoms with van der Waals surface area (Å²) in [5.74, 6) is 1.34. The third-order valence-electron chi connectivity index (χ3n) is 4.86. The minimum atomic E-state index is -0.481. The van der Waals surface area contributed by atoms with Crippen LogP contribution < -0.4 is 14.8 Å². The lowest BCUT2D eigenvalue weighted by atomic mass is 10.0. The molecule has 156 valence electrons. The molecule has 0 saturated heterocycles. The van der Waals surface area contributed by atoms with E-state index in [1.807, 2.05) is 97.7 Å². The Labute approximate surface area is 178 Å². The van der Waals surface area contributed by atoms with Crippen LogP contribution >= 0.6 is 0 Å². The molecule has 0 heterocycles. The number of carbonyl (C=O) groups is 1. The average molecular weight is 405 g/mol. The third-order valence-corrected chi connectivity index (χ3v) is 4.86. The number of rotatable bonds is 9. The fourth-order valence-electron chi connectivity index (χ4n) is 3.49. The zero-order chi connectivity index (χ0) is 21.3. The first kappa shape index (κ1) is 21.4. The summed E-state index contributed by atoms with van der Waals surface area (Å²) in [6.07, 6.45) is 0. The number of amides is 1. The van der Waals surface area contributed by atoms with E-state index >= 15 is 0 Å². The molecule has 30 heavy (non-hydrogen) atoms. The number of hydrogen-bond acceptors (Lipinski definition) is 4. The number of para-hydroxylation sites is 3. The van der Waals surface area contributed by atoms with Crippen molar-refractivity contribution in [3.8, 4) is 11.5 Å². The van der Waals surface area contributed by atoms with Crippen LogP contribution in [0.15, 0.2) is 78.9 Å². The number of likely N-dealkylation sites (N-methyl/N-ethyl adjacent to an activating group) is 1. The summed E-state index contributed by atoms with van der Waals surface area (Å²) in [7, 11) is 3.60. The first-order valence-corrected chi connectivity index (χ1v) is 10.0. The highest BCUT2D eigenvalue weighted by Crippen LogP contribution is 2.29. The van der Waals surface area contributed by atoms with Gasteiger partial charge in [0.15, 0.2) is 0 Å². The van der Waals surface area contributed by atoms with Crippen LogP contribution in [0, 0.1) is 0 Å². The third kappa shape index (κ3) is 5.19. The van der Waals surface area contributed by atoms with E-state index in [1.54, 1.807) is 7.11 Å². The molecule has 3 aromatic carbocycles. The van der Waals surface area contributed by atoms with Crippen molar-refractivity contribution in [1.82, 2.24) is 4.90 Å². The van der Waals surface area contributed by atoms with Gasteiger partial charge in [0.05, 0.1) is 19.4 Å². The van der Waals surface area contributed by atoms with Gasteiger partial charge < -0.3 is 14.8 Å². The van der Waals surface area contributed by atoms with E-state index in [4.69, 9.17) is 9.47 Å². The first-order valence-electron chi connectivity index (χ1n) is 10.0. The number of nitrogens with zero attached hydrogens (tertiary/aromatic N) is 1. The fourth-order valence-corrected chi connectivity index (χ4v) is 3.49. The summed E-state index contributed by atoms with van der Waals surface area (Å²) < 4.78 is 11.2. The molecule has 0 aromatic heterocycles. The Hall–Kier alpha value is -3.31. The number of carbonyl (C=O) groups excluding carboxylic acids is 1. The Morgan fingerprint density at radius 3 is 2.27 bits per heavy atom. The zero-order valence-electron chi connectivity index (χ0n) is 17.7. The zero-order valence-corrected chi connectivity index (χ0v) is 17.7. The van der Waals surface area contributed by atoms with E-state index in [-0.39, 0.29) is 5.91 Å². The van der Waals surface area contributed by atoms with E-state index in [9.17, 15) is 4.79 Å². The summed E-state index contributed by atoms with van der Waals surface area (Å²) >= 11 is 0. The van der Waals surface area contributed by atoms with Gasteiger partial charge in [0.25, 0.3) is 0 Å². The second-order valence-corrected chi connectivity index (χ2v) is 6.96. The first-order chi connectivity index (χ1) is 14.6. The maximum atomic E-state index is 13.4. The molecule has 0 fully saturated rings. The Balaban J connectivity index is 1.88. The standard InChI is InChI=1S/C25H28N2O3/c1-4-30-23-17-11-9-15-21(23)26-25(28)24(19-12-6-5-7-13-19)27(2)18-20-14-8-10-16-22(20)29-3/h5-17,24H,4,18H2,1-3H3,(H,26,28). The molecule has 1 N–H and O–H groups in total. The number of anilines is 1. The van der Waals surface area contributed by atoms with Gasteiger partial charge in [-0.3, -0.25) is 9.69 Å². The van der Waals surface area contributed by atoms with E-state index in [1.165, 1.54) is 0 Å². The molecule has 3 rings (SSSR count). The van der Waals surface area contributed by atoms with E-state index in [2.05, 4.69) is 5.32 Å². The van der Waals surface area contributed by atoms with Crippen molar-refractivity contribution >= 4 is 11.6 Å². The Bertz CT molecular complexity index is 959. The normalized spacial score (nSPS) is 11.7. The second-order valence-electron chi connectivity index (χ2n) is 6.96. The molecule has 0 bridgehead atoms. The van der Waals surface area contributed by atoms with Crippen molar-refractivity contribution < 1.29 is 14.3 Å². The van der Waals surface area contributed by atoms with Crippen molar-refractivity contribution in [3.05, 3.63) is 90.0 Å². The van der Waals surface area contributed by atoms with Crippen LogP contribution in [0.5, 0.6) is 11.5 Å². The minimum Gasteiger partial charge on any atom is -0.496 e. The maximum Gasteiger partial charge on any atom is 0.246 e. The van der Waals surface area contributed by atoms with Crippen LogP contribution in [0.2, 0.25) is 0 Å². The van der Waals surface area contributed by atoms with Crippen LogP contribution in [0.25, 0.3) is 0 Å². The molecule has 0 spiro atoms. The Morgan fingerprint density at radius 1 is 0.933 bits per heavy atom. The second kappa shape index (κ2) is 10.5. The summed E-state index contributed by atoms with van der Waals surface area (Å²) in [4.78, 5) is 15.4. The molecule has 0 aliphatic heterocycles.